The zero-order valence-corrected chi connectivity index (χ0v) is 18.1. The number of ether oxygens (including phenoxy) is 1. The van der Waals surface area contributed by atoms with Gasteiger partial charge in [0.15, 0.2) is 11.3 Å². The van der Waals surface area contributed by atoms with E-state index in [-0.39, 0.29) is 23.6 Å². The number of carbonyl (C=O) groups excluding carboxylic acids is 1. The lowest BCUT2D eigenvalue weighted by atomic mass is 10.0. The number of benzene rings is 1. The molecule has 0 radical (unpaired) electrons. The predicted octanol–water partition coefficient (Wildman–Crippen LogP) is 5.44. The molecule has 1 N–H and O–H groups in total. The van der Waals surface area contributed by atoms with Crippen molar-refractivity contribution in [1.82, 2.24) is 15.0 Å². The molecule has 0 bridgehead atoms. The van der Waals surface area contributed by atoms with E-state index in [1.807, 2.05) is 26.0 Å². The Bertz CT molecular complexity index is 1080. The average molecular weight is 450 g/mol. The fraction of sp³-hybridized carbons (Fsp3) is 0.409. The van der Waals surface area contributed by atoms with Crippen LogP contribution in [0.15, 0.2) is 34.9 Å². The number of pyridine rings is 1. The number of aromatic nitrogens is 2. The van der Waals surface area contributed by atoms with Gasteiger partial charge in [0.2, 0.25) is 0 Å². The Morgan fingerprint density at radius 2 is 2.03 bits per heavy atom. The van der Waals surface area contributed by atoms with Gasteiger partial charge < -0.3 is 14.2 Å². The van der Waals surface area contributed by atoms with E-state index >= 15 is 0 Å². The highest BCUT2D eigenvalue weighted by Crippen LogP contribution is 2.38. The Morgan fingerprint density at radius 3 is 2.72 bits per heavy atom. The zero-order valence-electron chi connectivity index (χ0n) is 18.1. The van der Waals surface area contributed by atoms with Crippen molar-refractivity contribution >= 4 is 22.8 Å². The SMILES string of the molecule is CCCc1c(OCCCN(C)C(=O)Nc2cccc(C)n2)ccc2c(C(F)(F)F)noc12. The molecule has 1 aromatic carbocycles. The number of urea groups is 1. The molecule has 2 amide bonds. The second kappa shape index (κ2) is 9.88. The van der Waals surface area contributed by atoms with Crippen LogP contribution in [0, 0.1) is 6.92 Å². The van der Waals surface area contributed by atoms with Gasteiger partial charge in [0.05, 0.1) is 12.0 Å². The largest absolute Gasteiger partial charge is 0.493 e. The van der Waals surface area contributed by atoms with Crippen LogP contribution in [-0.4, -0.2) is 41.3 Å². The van der Waals surface area contributed by atoms with Crippen LogP contribution in [0.2, 0.25) is 0 Å². The number of hydrogen-bond acceptors (Lipinski definition) is 5. The molecule has 0 aliphatic heterocycles. The molecule has 3 rings (SSSR count). The first-order valence-electron chi connectivity index (χ1n) is 10.3. The number of fused-ring (bicyclic) bond motifs is 1. The molecule has 7 nitrogen and oxygen atoms in total. The van der Waals surface area contributed by atoms with E-state index in [2.05, 4.69) is 15.5 Å². The van der Waals surface area contributed by atoms with Crippen LogP contribution >= 0.6 is 0 Å². The third kappa shape index (κ3) is 5.49. The number of amides is 2. The summed E-state index contributed by atoms with van der Waals surface area (Å²) in [5, 5.41) is 5.87. The number of rotatable bonds is 8. The number of carbonyl (C=O) groups is 1. The molecule has 0 unspecified atom stereocenters. The van der Waals surface area contributed by atoms with Crippen LogP contribution in [-0.2, 0) is 12.6 Å². The maximum Gasteiger partial charge on any atom is 0.437 e. The summed E-state index contributed by atoms with van der Waals surface area (Å²) < 4.78 is 50.2. The van der Waals surface area contributed by atoms with Gasteiger partial charge in [-0.05, 0) is 44.0 Å². The third-order valence-electron chi connectivity index (χ3n) is 4.83. The van der Waals surface area contributed by atoms with Gasteiger partial charge in [-0.2, -0.15) is 13.2 Å². The molecule has 3 aromatic rings. The number of hydrogen-bond donors (Lipinski definition) is 1. The van der Waals surface area contributed by atoms with Crippen molar-refractivity contribution in [3.05, 3.63) is 47.3 Å². The summed E-state index contributed by atoms with van der Waals surface area (Å²) in [6.45, 7) is 4.45. The lowest BCUT2D eigenvalue weighted by Gasteiger charge is -2.18. The Morgan fingerprint density at radius 1 is 1.25 bits per heavy atom. The van der Waals surface area contributed by atoms with Crippen molar-refractivity contribution in [3.8, 4) is 5.75 Å². The summed E-state index contributed by atoms with van der Waals surface area (Å²) in [6, 6.07) is 7.89. The van der Waals surface area contributed by atoms with E-state index in [0.717, 1.165) is 5.69 Å². The summed E-state index contributed by atoms with van der Waals surface area (Å²) in [6.07, 6.45) is -2.87. The number of nitrogens with zero attached hydrogens (tertiary/aromatic N) is 3. The highest BCUT2D eigenvalue weighted by molar-refractivity contribution is 5.88. The highest BCUT2D eigenvalue weighted by Gasteiger charge is 2.37. The number of alkyl halides is 3. The van der Waals surface area contributed by atoms with E-state index < -0.39 is 11.9 Å². The first-order chi connectivity index (χ1) is 15.2. The minimum absolute atomic E-state index is 0.0746. The maximum atomic E-state index is 13.1. The van der Waals surface area contributed by atoms with Crippen LogP contribution in [0.3, 0.4) is 0 Å². The van der Waals surface area contributed by atoms with Gasteiger partial charge in [-0.15, -0.1) is 0 Å². The topological polar surface area (TPSA) is 80.5 Å². The quantitative estimate of drug-likeness (QED) is 0.463. The molecular formula is C22H25F3N4O3. The lowest BCUT2D eigenvalue weighted by molar-refractivity contribution is -0.141. The predicted molar refractivity (Wildman–Crippen MR) is 114 cm³/mol. The minimum Gasteiger partial charge on any atom is -0.493 e. The fourth-order valence-corrected chi connectivity index (χ4v) is 3.27. The molecule has 0 saturated heterocycles. The summed E-state index contributed by atoms with van der Waals surface area (Å²) in [5.41, 5.74) is 0.420. The van der Waals surface area contributed by atoms with E-state index in [4.69, 9.17) is 9.26 Å². The standard InChI is InChI=1S/C22H25F3N4O3/c1-4-7-15-17(11-10-16-19(15)32-28-20(16)22(23,24)25)31-13-6-12-29(3)21(30)27-18-9-5-8-14(2)26-18/h5,8-11H,4,6-7,12-13H2,1-3H3,(H,26,27,30). The van der Waals surface area contributed by atoms with Crippen molar-refractivity contribution in [1.29, 1.82) is 0 Å². The zero-order chi connectivity index (χ0) is 23.3. The normalized spacial score (nSPS) is 11.6. The second-order valence-electron chi connectivity index (χ2n) is 7.42. The highest BCUT2D eigenvalue weighted by atomic mass is 19.4. The van der Waals surface area contributed by atoms with Gasteiger partial charge in [-0.25, -0.2) is 9.78 Å². The molecule has 0 saturated carbocycles. The third-order valence-corrected chi connectivity index (χ3v) is 4.83. The molecule has 0 aliphatic carbocycles. The van der Waals surface area contributed by atoms with Gasteiger partial charge >= 0.3 is 12.2 Å². The summed E-state index contributed by atoms with van der Waals surface area (Å²) in [7, 11) is 1.66. The number of nitrogens with one attached hydrogen (secondary N) is 1. The van der Waals surface area contributed by atoms with Gasteiger partial charge in [-0.1, -0.05) is 24.6 Å². The lowest BCUT2D eigenvalue weighted by Crippen LogP contribution is -2.33. The van der Waals surface area contributed by atoms with Crippen molar-refractivity contribution in [3.63, 3.8) is 0 Å². The molecule has 10 heteroatoms. The van der Waals surface area contributed by atoms with Crippen molar-refractivity contribution in [2.24, 2.45) is 0 Å². The van der Waals surface area contributed by atoms with Crippen LogP contribution in [0.1, 0.15) is 36.7 Å². The Kier molecular flexibility index (Phi) is 7.22. The van der Waals surface area contributed by atoms with Gasteiger partial charge in [-0.3, -0.25) is 5.32 Å². The molecule has 2 aromatic heterocycles. The molecule has 2 heterocycles. The molecule has 32 heavy (non-hydrogen) atoms. The average Bonchev–Trinajstić information content (AvgIpc) is 3.17. The maximum absolute atomic E-state index is 13.1. The molecule has 0 spiro atoms. The Balaban J connectivity index is 1.60. The minimum atomic E-state index is -4.59. The monoisotopic (exact) mass is 450 g/mol. The summed E-state index contributed by atoms with van der Waals surface area (Å²) in [4.78, 5) is 18.0. The first-order valence-corrected chi connectivity index (χ1v) is 10.3. The van der Waals surface area contributed by atoms with Crippen LogP contribution in [0.5, 0.6) is 5.75 Å². The number of aryl methyl sites for hydroxylation is 2. The fourth-order valence-electron chi connectivity index (χ4n) is 3.27. The molecule has 0 aliphatic rings. The van der Waals surface area contributed by atoms with Crippen molar-refractivity contribution < 1.29 is 27.2 Å². The first kappa shape index (κ1) is 23.4. The number of halogens is 3. The van der Waals surface area contributed by atoms with E-state index in [0.29, 0.717) is 42.9 Å². The van der Waals surface area contributed by atoms with Crippen molar-refractivity contribution in [2.45, 2.75) is 39.3 Å². The van der Waals surface area contributed by atoms with Gasteiger partial charge in [0.1, 0.15) is 11.6 Å². The smallest absolute Gasteiger partial charge is 0.437 e. The molecule has 172 valence electrons. The molecular weight excluding hydrogens is 425 g/mol. The Labute approximate surface area is 183 Å². The van der Waals surface area contributed by atoms with E-state index in [1.165, 1.54) is 17.0 Å². The van der Waals surface area contributed by atoms with Gasteiger partial charge in [0.25, 0.3) is 0 Å². The molecule has 0 atom stereocenters. The summed E-state index contributed by atoms with van der Waals surface area (Å²) >= 11 is 0. The van der Waals surface area contributed by atoms with Crippen molar-refractivity contribution in [2.75, 3.05) is 25.5 Å². The van der Waals surface area contributed by atoms with Gasteiger partial charge in [0, 0.05) is 24.8 Å². The van der Waals surface area contributed by atoms with Crippen LogP contribution in [0.25, 0.3) is 11.0 Å². The molecule has 0 fully saturated rings. The van der Waals surface area contributed by atoms with Crippen LogP contribution in [0.4, 0.5) is 23.8 Å². The van der Waals surface area contributed by atoms with E-state index in [9.17, 15) is 18.0 Å². The van der Waals surface area contributed by atoms with E-state index in [1.54, 1.807) is 13.1 Å². The second-order valence-corrected chi connectivity index (χ2v) is 7.42. The van der Waals surface area contributed by atoms with Crippen LogP contribution < -0.4 is 10.1 Å². The summed E-state index contributed by atoms with van der Waals surface area (Å²) in [5.74, 6) is 0.932. The number of anilines is 1. The Hall–Kier alpha value is -3.30.